The third kappa shape index (κ3) is 3.32. The van der Waals surface area contributed by atoms with Gasteiger partial charge in [-0.2, -0.15) is 5.26 Å². The fourth-order valence-electron chi connectivity index (χ4n) is 3.49. The molecule has 0 radical (unpaired) electrons. The molecule has 2 aromatic carbocycles. The van der Waals surface area contributed by atoms with Gasteiger partial charge in [0.1, 0.15) is 11.6 Å². The van der Waals surface area contributed by atoms with Crippen molar-refractivity contribution in [2.24, 2.45) is 5.73 Å². The minimum Gasteiger partial charge on any atom is -0.469 e. The van der Waals surface area contributed by atoms with Gasteiger partial charge in [0.15, 0.2) is 0 Å². The molecule has 3 aromatic rings. The molecule has 7 nitrogen and oxygen atoms in total. The van der Waals surface area contributed by atoms with Gasteiger partial charge in [0, 0.05) is 0 Å². The number of H-pyrrole nitrogens is 1. The number of aromatic nitrogens is 2. The molecule has 1 aliphatic heterocycles. The number of nitrogens with one attached hydrogen (secondary N) is 1. The molecular weight excluding hydrogens is 368 g/mol. The topological polar surface area (TPSA) is 114 Å². The summed E-state index contributed by atoms with van der Waals surface area (Å²) in [5.41, 5.74) is 10.4. The minimum atomic E-state index is -0.494. The number of fused-ring (bicyclic) bond motifs is 1. The standard InChI is InChI=1S/C22H18N4O3/c1-28-18(27)11-17-20-19(16(12-23)21(24)29-22(20)26-25-17)15-9-7-14(8-10-15)13-5-3-2-4-6-13/h2-10,19H,11,24H2,1H3,(H,25,26). The third-order valence-corrected chi connectivity index (χ3v) is 4.92. The summed E-state index contributed by atoms with van der Waals surface area (Å²) < 4.78 is 10.3. The van der Waals surface area contributed by atoms with Gasteiger partial charge < -0.3 is 15.2 Å². The van der Waals surface area contributed by atoms with E-state index in [0.29, 0.717) is 11.3 Å². The predicted molar refractivity (Wildman–Crippen MR) is 105 cm³/mol. The quantitative estimate of drug-likeness (QED) is 0.666. The van der Waals surface area contributed by atoms with Crippen molar-refractivity contribution < 1.29 is 14.3 Å². The number of carbonyl (C=O) groups is 1. The second-order valence-electron chi connectivity index (χ2n) is 6.59. The SMILES string of the molecule is COC(=O)Cc1[nH]nc2c1C(c1ccc(-c3ccccc3)cc1)C(C#N)=C(N)O2. The Bertz CT molecular complexity index is 1130. The van der Waals surface area contributed by atoms with Gasteiger partial charge in [-0.25, -0.2) is 0 Å². The summed E-state index contributed by atoms with van der Waals surface area (Å²) in [6.45, 7) is 0. The maximum atomic E-state index is 11.8. The molecule has 0 saturated heterocycles. The van der Waals surface area contributed by atoms with Crippen LogP contribution in [0.2, 0.25) is 0 Å². The molecule has 0 amide bonds. The molecule has 3 N–H and O–H groups in total. The van der Waals surface area contributed by atoms with Crippen LogP contribution in [0.5, 0.6) is 5.88 Å². The second-order valence-corrected chi connectivity index (χ2v) is 6.59. The number of nitrogens with two attached hydrogens (primary N) is 1. The Morgan fingerprint density at radius 1 is 1.21 bits per heavy atom. The number of ether oxygens (including phenoxy) is 2. The smallest absolute Gasteiger partial charge is 0.311 e. The van der Waals surface area contributed by atoms with E-state index >= 15 is 0 Å². The zero-order valence-electron chi connectivity index (χ0n) is 15.7. The monoisotopic (exact) mass is 386 g/mol. The fourth-order valence-corrected chi connectivity index (χ4v) is 3.49. The fraction of sp³-hybridized carbons (Fsp3) is 0.136. The lowest BCUT2D eigenvalue weighted by molar-refractivity contribution is -0.139. The molecule has 0 aliphatic carbocycles. The van der Waals surface area contributed by atoms with E-state index in [4.69, 9.17) is 15.2 Å². The molecule has 4 rings (SSSR count). The maximum absolute atomic E-state index is 11.8. The molecule has 1 unspecified atom stereocenters. The van der Waals surface area contributed by atoms with E-state index in [1.165, 1.54) is 7.11 Å². The number of carbonyl (C=O) groups excluding carboxylic acids is 1. The number of rotatable bonds is 4. The van der Waals surface area contributed by atoms with Crippen molar-refractivity contribution in [2.75, 3.05) is 7.11 Å². The van der Waals surface area contributed by atoms with Crippen LogP contribution in [0, 0.1) is 11.3 Å². The second kappa shape index (κ2) is 7.52. The van der Waals surface area contributed by atoms with E-state index in [-0.39, 0.29) is 23.8 Å². The van der Waals surface area contributed by atoms with Crippen LogP contribution in [0.3, 0.4) is 0 Å². The van der Waals surface area contributed by atoms with E-state index in [1.54, 1.807) is 0 Å². The lowest BCUT2D eigenvalue weighted by atomic mass is 9.83. The first-order valence-electron chi connectivity index (χ1n) is 8.99. The summed E-state index contributed by atoms with van der Waals surface area (Å²) in [4.78, 5) is 11.8. The van der Waals surface area contributed by atoms with Crippen molar-refractivity contribution in [1.29, 1.82) is 5.26 Å². The summed E-state index contributed by atoms with van der Waals surface area (Å²) in [6, 6.07) is 20.0. The zero-order valence-corrected chi connectivity index (χ0v) is 15.7. The van der Waals surface area contributed by atoms with Gasteiger partial charge in [-0.1, -0.05) is 54.6 Å². The van der Waals surface area contributed by atoms with Crippen molar-refractivity contribution in [2.45, 2.75) is 12.3 Å². The molecule has 29 heavy (non-hydrogen) atoms. The van der Waals surface area contributed by atoms with Crippen LogP contribution in [0.15, 0.2) is 66.1 Å². The summed E-state index contributed by atoms with van der Waals surface area (Å²) >= 11 is 0. The molecule has 0 fully saturated rings. The maximum Gasteiger partial charge on any atom is 0.311 e. The van der Waals surface area contributed by atoms with E-state index in [9.17, 15) is 10.1 Å². The van der Waals surface area contributed by atoms with Crippen molar-refractivity contribution in [3.05, 3.63) is 82.9 Å². The van der Waals surface area contributed by atoms with Crippen LogP contribution < -0.4 is 10.5 Å². The largest absolute Gasteiger partial charge is 0.469 e. The Hall–Kier alpha value is -4.05. The van der Waals surface area contributed by atoms with Gasteiger partial charge in [-0.05, 0) is 16.7 Å². The van der Waals surface area contributed by atoms with Crippen molar-refractivity contribution >= 4 is 5.97 Å². The van der Waals surface area contributed by atoms with Gasteiger partial charge in [0.2, 0.25) is 11.8 Å². The first-order valence-corrected chi connectivity index (χ1v) is 8.99. The van der Waals surface area contributed by atoms with Gasteiger partial charge in [0.05, 0.1) is 30.7 Å². The highest BCUT2D eigenvalue weighted by Crippen LogP contribution is 2.43. The Labute approximate surface area is 167 Å². The third-order valence-electron chi connectivity index (χ3n) is 4.92. The molecule has 2 heterocycles. The zero-order chi connectivity index (χ0) is 20.4. The van der Waals surface area contributed by atoms with Crippen LogP contribution in [0.25, 0.3) is 11.1 Å². The van der Waals surface area contributed by atoms with E-state index in [2.05, 4.69) is 16.3 Å². The number of hydrogen-bond donors (Lipinski definition) is 2. The summed E-state index contributed by atoms with van der Waals surface area (Å²) in [5.74, 6) is -0.645. The van der Waals surface area contributed by atoms with E-state index in [1.807, 2.05) is 54.6 Å². The summed E-state index contributed by atoms with van der Waals surface area (Å²) in [6.07, 6.45) is -0.0145. The average molecular weight is 386 g/mol. The number of allylic oxidation sites excluding steroid dienone is 1. The number of esters is 1. The predicted octanol–water partition coefficient (Wildman–Crippen LogP) is 3.01. The number of aromatic amines is 1. The summed E-state index contributed by atoms with van der Waals surface area (Å²) in [5, 5.41) is 16.7. The molecule has 144 valence electrons. The van der Waals surface area contributed by atoms with Crippen molar-refractivity contribution in [3.63, 3.8) is 0 Å². The number of benzene rings is 2. The van der Waals surface area contributed by atoms with Crippen LogP contribution in [0.1, 0.15) is 22.7 Å². The van der Waals surface area contributed by atoms with Gasteiger partial charge in [0.25, 0.3) is 0 Å². The molecule has 1 aliphatic rings. The number of nitrogens with zero attached hydrogens (tertiary/aromatic N) is 2. The van der Waals surface area contributed by atoms with Gasteiger partial charge in [-0.15, -0.1) is 5.10 Å². The van der Waals surface area contributed by atoms with E-state index < -0.39 is 11.9 Å². The minimum absolute atomic E-state index is 0.00764. The Balaban J connectivity index is 1.79. The highest BCUT2D eigenvalue weighted by molar-refractivity contribution is 5.73. The molecule has 0 spiro atoms. The Morgan fingerprint density at radius 3 is 2.55 bits per heavy atom. The van der Waals surface area contributed by atoms with Crippen molar-refractivity contribution in [1.82, 2.24) is 10.2 Å². The van der Waals surface area contributed by atoms with Gasteiger partial charge >= 0.3 is 5.97 Å². The summed E-state index contributed by atoms with van der Waals surface area (Å²) in [7, 11) is 1.32. The first-order chi connectivity index (χ1) is 14.1. The van der Waals surface area contributed by atoms with E-state index in [0.717, 1.165) is 16.7 Å². The van der Waals surface area contributed by atoms with Crippen LogP contribution in [-0.4, -0.2) is 23.3 Å². The highest BCUT2D eigenvalue weighted by atomic mass is 16.5. The molecule has 1 atom stereocenters. The van der Waals surface area contributed by atoms with Crippen LogP contribution >= 0.6 is 0 Å². The van der Waals surface area contributed by atoms with Gasteiger partial charge in [-0.3, -0.25) is 9.89 Å². The average Bonchev–Trinajstić information content (AvgIpc) is 3.15. The number of nitriles is 1. The first kappa shape index (κ1) is 18.3. The molecule has 0 saturated carbocycles. The van der Waals surface area contributed by atoms with Crippen molar-refractivity contribution in [3.8, 4) is 23.1 Å². The Morgan fingerprint density at radius 2 is 1.90 bits per heavy atom. The molecule has 1 aromatic heterocycles. The number of methoxy groups -OCH3 is 1. The lowest BCUT2D eigenvalue weighted by Crippen LogP contribution is -2.21. The lowest BCUT2D eigenvalue weighted by Gasteiger charge is -2.24. The Kier molecular flexibility index (Phi) is 4.75. The number of hydrogen-bond acceptors (Lipinski definition) is 6. The highest BCUT2D eigenvalue weighted by Gasteiger charge is 2.35. The normalized spacial score (nSPS) is 15.2. The van der Waals surface area contributed by atoms with Crippen LogP contribution in [-0.2, 0) is 16.0 Å². The van der Waals surface area contributed by atoms with Crippen LogP contribution in [0.4, 0.5) is 0 Å². The molecule has 7 heteroatoms. The molecular formula is C22H18N4O3. The molecule has 0 bridgehead atoms.